The number of methoxy groups -OCH3 is 1. The minimum absolute atomic E-state index is 0.0184. The molecule has 1 aromatic heterocycles. The number of benzene rings is 1. The van der Waals surface area contributed by atoms with E-state index in [1.165, 1.54) is 35.1 Å². The second-order valence-electron chi connectivity index (χ2n) is 10.3. The molecule has 0 fully saturated rings. The fraction of sp³-hybridized carbons (Fsp3) is 0.536. The predicted octanol–water partition coefficient (Wildman–Crippen LogP) is 6.93. The van der Waals surface area contributed by atoms with E-state index < -0.39 is 5.97 Å². The summed E-state index contributed by atoms with van der Waals surface area (Å²) in [4.78, 5) is 40.1. The Hall–Kier alpha value is -2.32. The van der Waals surface area contributed by atoms with Crippen LogP contribution in [-0.2, 0) is 27.2 Å². The SMILES string of the molecule is CCCC(=O)Nc1cccc(SC(CC)C(=O)Nc2sc3c(c2C(=O)OC)CCC(C(C)(C)C)C3)c1. The zero-order chi connectivity index (χ0) is 26.5. The van der Waals surface area contributed by atoms with Crippen LogP contribution in [0.5, 0.6) is 0 Å². The van der Waals surface area contributed by atoms with Gasteiger partial charge in [-0.2, -0.15) is 0 Å². The van der Waals surface area contributed by atoms with Crippen molar-refractivity contribution in [1.82, 2.24) is 0 Å². The van der Waals surface area contributed by atoms with Crippen molar-refractivity contribution in [2.45, 2.75) is 83.3 Å². The van der Waals surface area contributed by atoms with Crippen LogP contribution in [0.4, 0.5) is 10.7 Å². The number of anilines is 2. The molecule has 0 saturated heterocycles. The highest BCUT2D eigenvalue weighted by molar-refractivity contribution is 8.00. The van der Waals surface area contributed by atoms with Crippen LogP contribution < -0.4 is 10.6 Å². The van der Waals surface area contributed by atoms with Gasteiger partial charge >= 0.3 is 5.97 Å². The van der Waals surface area contributed by atoms with Gasteiger partial charge in [0.25, 0.3) is 0 Å². The van der Waals surface area contributed by atoms with Crippen molar-refractivity contribution >= 4 is 51.6 Å². The number of carbonyl (C=O) groups excluding carboxylic acids is 3. The molecule has 0 spiro atoms. The molecule has 36 heavy (non-hydrogen) atoms. The summed E-state index contributed by atoms with van der Waals surface area (Å²) in [6, 6.07) is 7.56. The lowest BCUT2D eigenvalue weighted by atomic mass is 9.72. The standard InChI is InChI=1S/C28H38N2O4S2/c1-7-10-23(31)29-18-11-9-12-19(16-18)35-21(8-2)25(32)30-26-24(27(33)34-6)20-14-13-17(28(3,4)5)15-22(20)36-26/h9,11-12,16-17,21H,7-8,10,13-15H2,1-6H3,(H,29,31)(H,30,32). The summed E-state index contributed by atoms with van der Waals surface area (Å²) in [5, 5.41) is 6.21. The van der Waals surface area contributed by atoms with E-state index in [1.54, 1.807) is 0 Å². The van der Waals surface area contributed by atoms with Crippen molar-refractivity contribution in [1.29, 1.82) is 0 Å². The highest BCUT2D eigenvalue weighted by Crippen LogP contribution is 2.44. The van der Waals surface area contributed by atoms with Gasteiger partial charge in [0.05, 0.1) is 17.9 Å². The van der Waals surface area contributed by atoms with Gasteiger partial charge in [-0.05, 0) is 67.2 Å². The van der Waals surface area contributed by atoms with Crippen LogP contribution in [0.1, 0.15) is 81.1 Å². The van der Waals surface area contributed by atoms with Gasteiger partial charge in [0.2, 0.25) is 11.8 Å². The average molecular weight is 531 g/mol. The van der Waals surface area contributed by atoms with Gasteiger partial charge in [0, 0.05) is 21.9 Å². The Morgan fingerprint density at radius 1 is 1.19 bits per heavy atom. The first-order valence-corrected chi connectivity index (χ1v) is 14.4. The average Bonchev–Trinajstić information content (AvgIpc) is 3.18. The van der Waals surface area contributed by atoms with Gasteiger partial charge in [-0.1, -0.05) is 40.7 Å². The van der Waals surface area contributed by atoms with E-state index in [0.717, 1.165) is 41.8 Å². The van der Waals surface area contributed by atoms with E-state index in [0.29, 0.717) is 29.3 Å². The third-order valence-electron chi connectivity index (χ3n) is 6.65. The highest BCUT2D eigenvalue weighted by atomic mass is 32.2. The molecule has 2 amide bonds. The summed E-state index contributed by atoms with van der Waals surface area (Å²) in [5.41, 5.74) is 2.45. The molecule has 1 aliphatic carbocycles. The Balaban J connectivity index is 1.78. The fourth-order valence-electron chi connectivity index (χ4n) is 4.51. The number of carbonyl (C=O) groups is 3. The van der Waals surface area contributed by atoms with Crippen molar-refractivity contribution in [2.75, 3.05) is 17.7 Å². The number of nitrogens with one attached hydrogen (secondary N) is 2. The minimum Gasteiger partial charge on any atom is -0.465 e. The summed E-state index contributed by atoms with van der Waals surface area (Å²) in [6.45, 7) is 10.7. The Labute approximate surface area is 223 Å². The number of esters is 1. The van der Waals surface area contributed by atoms with Crippen LogP contribution >= 0.6 is 23.1 Å². The van der Waals surface area contributed by atoms with Crippen LogP contribution in [0.3, 0.4) is 0 Å². The van der Waals surface area contributed by atoms with Gasteiger partial charge < -0.3 is 15.4 Å². The van der Waals surface area contributed by atoms with E-state index >= 15 is 0 Å². The number of amides is 2. The Bertz CT molecular complexity index is 1100. The molecule has 1 aromatic carbocycles. The molecule has 0 saturated carbocycles. The summed E-state index contributed by atoms with van der Waals surface area (Å²) < 4.78 is 5.10. The summed E-state index contributed by atoms with van der Waals surface area (Å²) >= 11 is 2.97. The Morgan fingerprint density at radius 2 is 1.94 bits per heavy atom. The molecular formula is C28H38N2O4S2. The van der Waals surface area contributed by atoms with Crippen molar-refractivity contribution in [3.05, 3.63) is 40.3 Å². The lowest BCUT2D eigenvalue weighted by molar-refractivity contribution is -0.116. The zero-order valence-electron chi connectivity index (χ0n) is 22.2. The molecule has 3 rings (SSSR count). The maximum absolute atomic E-state index is 13.3. The molecule has 2 atom stereocenters. The van der Waals surface area contributed by atoms with Crippen LogP contribution in [0.2, 0.25) is 0 Å². The van der Waals surface area contributed by atoms with Gasteiger partial charge in [-0.3, -0.25) is 9.59 Å². The topological polar surface area (TPSA) is 84.5 Å². The first-order chi connectivity index (χ1) is 17.1. The quantitative estimate of drug-likeness (QED) is 0.271. The normalized spacial score (nSPS) is 16.1. The van der Waals surface area contributed by atoms with Gasteiger partial charge in [-0.25, -0.2) is 4.79 Å². The zero-order valence-corrected chi connectivity index (χ0v) is 23.8. The van der Waals surface area contributed by atoms with Crippen molar-refractivity contribution in [3.63, 3.8) is 0 Å². The van der Waals surface area contributed by atoms with E-state index in [4.69, 9.17) is 4.74 Å². The molecular weight excluding hydrogens is 492 g/mol. The third-order valence-corrected chi connectivity index (χ3v) is 9.18. The highest BCUT2D eigenvalue weighted by Gasteiger charge is 2.34. The number of thiophene rings is 1. The number of fused-ring (bicyclic) bond motifs is 1. The van der Waals surface area contributed by atoms with Crippen molar-refractivity contribution in [3.8, 4) is 0 Å². The number of ether oxygens (including phenoxy) is 1. The summed E-state index contributed by atoms with van der Waals surface area (Å²) in [5.74, 6) is -0.0239. The molecule has 2 N–H and O–H groups in total. The van der Waals surface area contributed by atoms with Crippen LogP contribution in [0.25, 0.3) is 0 Å². The van der Waals surface area contributed by atoms with Crippen LogP contribution in [0, 0.1) is 11.3 Å². The summed E-state index contributed by atoms with van der Waals surface area (Å²) in [7, 11) is 1.38. The molecule has 2 unspecified atom stereocenters. The number of hydrogen-bond acceptors (Lipinski definition) is 6. The number of rotatable bonds is 9. The maximum Gasteiger partial charge on any atom is 0.341 e. The second-order valence-corrected chi connectivity index (χ2v) is 12.7. The molecule has 196 valence electrons. The lowest BCUT2D eigenvalue weighted by Gasteiger charge is -2.33. The monoisotopic (exact) mass is 530 g/mol. The molecule has 8 heteroatoms. The van der Waals surface area contributed by atoms with E-state index in [2.05, 4.69) is 31.4 Å². The fourth-order valence-corrected chi connectivity index (χ4v) is 6.84. The van der Waals surface area contributed by atoms with Gasteiger partial charge in [-0.15, -0.1) is 23.1 Å². The first-order valence-electron chi connectivity index (χ1n) is 12.7. The third kappa shape index (κ3) is 6.91. The summed E-state index contributed by atoms with van der Waals surface area (Å²) in [6.07, 6.45) is 4.62. The van der Waals surface area contributed by atoms with Gasteiger partial charge in [0.1, 0.15) is 5.00 Å². The van der Waals surface area contributed by atoms with Crippen molar-refractivity contribution in [2.24, 2.45) is 11.3 Å². The molecule has 1 aliphatic rings. The van der Waals surface area contributed by atoms with E-state index in [-0.39, 0.29) is 22.5 Å². The van der Waals surface area contributed by atoms with E-state index in [9.17, 15) is 14.4 Å². The Morgan fingerprint density at radius 3 is 2.58 bits per heavy atom. The molecule has 2 aromatic rings. The number of thioether (sulfide) groups is 1. The first kappa shape index (κ1) is 28.3. The Kier molecular flexibility index (Phi) is 9.64. The van der Waals surface area contributed by atoms with Gasteiger partial charge in [0.15, 0.2) is 0 Å². The molecule has 0 aliphatic heterocycles. The van der Waals surface area contributed by atoms with Crippen molar-refractivity contribution < 1.29 is 19.1 Å². The minimum atomic E-state index is -0.395. The largest absolute Gasteiger partial charge is 0.465 e. The molecule has 0 bridgehead atoms. The van der Waals surface area contributed by atoms with E-state index in [1.807, 2.05) is 38.1 Å². The van der Waals surface area contributed by atoms with Crippen LogP contribution in [0.15, 0.2) is 29.2 Å². The maximum atomic E-state index is 13.3. The number of hydrogen-bond donors (Lipinski definition) is 2. The second kappa shape index (κ2) is 12.3. The lowest BCUT2D eigenvalue weighted by Crippen LogP contribution is -2.27. The predicted molar refractivity (Wildman–Crippen MR) is 149 cm³/mol. The smallest absolute Gasteiger partial charge is 0.341 e. The van der Waals surface area contributed by atoms with Crippen LogP contribution in [-0.4, -0.2) is 30.1 Å². The molecule has 6 nitrogen and oxygen atoms in total. The molecule has 1 heterocycles. The molecule has 0 radical (unpaired) electrons.